The van der Waals surface area contributed by atoms with Gasteiger partial charge in [-0.05, 0) is 69.9 Å². The molecule has 0 radical (unpaired) electrons. The fraction of sp³-hybridized carbons (Fsp3) is 0.500. The van der Waals surface area contributed by atoms with Crippen LogP contribution in [0, 0.1) is 0 Å². The zero-order valence-corrected chi connectivity index (χ0v) is 15.4. The molecule has 2 heterocycles. The predicted molar refractivity (Wildman–Crippen MR) is 103 cm³/mol. The van der Waals surface area contributed by atoms with Gasteiger partial charge < -0.3 is 15.0 Å². The molecule has 134 valence electrons. The van der Waals surface area contributed by atoms with E-state index in [-0.39, 0.29) is 6.10 Å². The van der Waals surface area contributed by atoms with Crippen molar-refractivity contribution in [3.05, 3.63) is 36.5 Å². The summed E-state index contributed by atoms with van der Waals surface area (Å²) in [6.07, 6.45) is 6.90. The van der Waals surface area contributed by atoms with Crippen molar-refractivity contribution < 1.29 is 4.74 Å². The fourth-order valence-electron chi connectivity index (χ4n) is 3.28. The van der Waals surface area contributed by atoms with Gasteiger partial charge in [0.25, 0.3) is 0 Å². The molecule has 1 saturated heterocycles. The summed E-state index contributed by atoms with van der Waals surface area (Å²) in [6.45, 7) is 7.34. The molecule has 25 heavy (non-hydrogen) atoms. The van der Waals surface area contributed by atoms with Crippen LogP contribution in [-0.2, 0) is 0 Å². The van der Waals surface area contributed by atoms with Crippen LogP contribution in [0.15, 0.2) is 36.5 Å². The van der Waals surface area contributed by atoms with Crippen molar-refractivity contribution >= 4 is 17.5 Å². The average molecular weight is 340 g/mol. The molecule has 1 atom stereocenters. The number of hydrogen-bond acceptors (Lipinski definition) is 5. The molecule has 1 unspecified atom stereocenters. The molecule has 1 aliphatic rings. The van der Waals surface area contributed by atoms with Crippen LogP contribution in [0.4, 0.5) is 17.5 Å². The van der Waals surface area contributed by atoms with Crippen LogP contribution in [0.3, 0.4) is 0 Å². The lowest BCUT2D eigenvalue weighted by Crippen LogP contribution is -2.40. The number of hydrogen-bond donors (Lipinski definition) is 1. The van der Waals surface area contributed by atoms with Crippen molar-refractivity contribution in [2.45, 2.75) is 58.6 Å². The summed E-state index contributed by atoms with van der Waals surface area (Å²) < 4.78 is 5.68. The number of nitrogens with one attached hydrogen (secondary N) is 1. The third-order valence-corrected chi connectivity index (χ3v) is 4.50. The molecule has 5 nitrogen and oxygen atoms in total. The standard InChI is InChI=1S/C20H28N4O/c1-4-17-7-5-6-14-24(17)20-21-13-12-19(23-20)22-16-8-10-18(11-9-16)25-15(2)3/h8-13,15,17H,4-7,14H2,1-3H3,(H,21,22,23). The second kappa shape index (κ2) is 8.19. The summed E-state index contributed by atoms with van der Waals surface area (Å²) in [5, 5.41) is 3.36. The van der Waals surface area contributed by atoms with Crippen LogP contribution in [0.1, 0.15) is 46.5 Å². The van der Waals surface area contributed by atoms with Crippen molar-refractivity contribution in [2.75, 3.05) is 16.8 Å². The molecule has 1 aliphatic heterocycles. The van der Waals surface area contributed by atoms with Crippen LogP contribution in [0.5, 0.6) is 5.75 Å². The highest BCUT2D eigenvalue weighted by atomic mass is 16.5. The Balaban J connectivity index is 1.71. The molecule has 1 fully saturated rings. The molecule has 1 N–H and O–H groups in total. The molecule has 0 saturated carbocycles. The van der Waals surface area contributed by atoms with E-state index in [1.165, 1.54) is 19.3 Å². The summed E-state index contributed by atoms with van der Waals surface area (Å²) in [5.41, 5.74) is 0.992. The molecule has 1 aromatic carbocycles. The van der Waals surface area contributed by atoms with E-state index < -0.39 is 0 Å². The Morgan fingerprint density at radius 2 is 2.00 bits per heavy atom. The first-order chi connectivity index (χ1) is 12.2. The van der Waals surface area contributed by atoms with Gasteiger partial charge in [0, 0.05) is 24.5 Å². The Labute approximate surface area is 150 Å². The minimum absolute atomic E-state index is 0.180. The minimum atomic E-state index is 0.180. The average Bonchev–Trinajstić information content (AvgIpc) is 2.63. The van der Waals surface area contributed by atoms with E-state index in [1.807, 2.05) is 50.4 Å². The van der Waals surface area contributed by atoms with Gasteiger partial charge in [-0.25, -0.2) is 4.98 Å². The lowest BCUT2D eigenvalue weighted by Gasteiger charge is -2.35. The molecular formula is C20H28N4O. The first kappa shape index (κ1) is 17.5. The molecular weight excluding hydrogens is 312 g/mol. The van der Waals surface area contributed by atoms with Crippen LogP contribution in [0.2, 0.25) is 0 Å². The smallest absolute Gasteiger partial charge is 0.227 e. The molecule has 3 rings (SSSR count). The number of aromatic nitrogens is 2. The lowest BCUT2D eigenvalue weighted by atomic mass is 10.0. The maximum Gasteiger partial charge on any atom is 0.227 e. The summed E-state index contributed by atoms with van der Waals surface area (Å²) in [5.74, 6) is 2.53. The van der Waals surface area contributed by atoms with E-state index in [2.05, 4.69) is 22.1 Å². The van der Waals surface area contributed by atoms with Crippen LogP contribution in [0.25, 0.3) is 0 Å². The highest BCUT2D eigenvalue weighted by Crippen LogP contribution is 2.25. The molecule has 0 aliphatic carbocycles. The van der Waals surface area contributed by atoms with E-state index in [9.17, 15) is 0 Å². The highest BCUT2D eigenvalue weighted by molar-refractivity contribution is 5.58. The molecule has 0 amide bonds. The second-order valence-electron chi connectivity index (χ2n) is 6.81. The number of anilines is 3. The zero-order chi connectivity index (χ0) is 17.6. The van der Waals surface area contributed by atoms with Gasteiger partial charge >= 0.3 is 0 Å². The van der Waals surface area contributed by atoms with Crippen molar-refractivity contribution in [1.82, 2.24) is 9.97 Å². The Morgan fingerprint density at radius 1 is 1.20 bits per heavy atom. The van der Waals surface area contributed by atoms with Crippen LogP contribution in [-0.4, -0.2) is 28.7 Å². The Hall–Kier alpha value is -2.30. The predicted octanol–water partition coefficient (Wildman–Crippen LogP) is 4.78. The van der Waals surface area contributed by atoms with Gasteiger partial charge in [0.15, 0.2) is 0 Å². The van der Waals surface area contributed by atoms with Crippen molar-refractivity contribution in [3.8, 4) is 5.75 Å². The maximum atomic E-state index is 5.68. The van der Waals surface area contributed by atoms with Gasteiger partial charge in [0.05, 0.1) is 6.10 Å². The largest absolute Gasteiger partial charge is 0.491 e. The normalized spacial score (nSPS) is 17.6. The lowest BCUT2D eigenvalue weighted by molar-refractivity contribution is 0.242. The summed E-state index contributed by atoms with van der Waals surface area (Å²) in [6, 6.07) is 10.4. The van der Waals surface area contributed by atoms with Gasteiger partial charge in [-0.15, -0.1) is 0 Å². The summed E-state index contributed by atoms with van der Waals surface area (Å²) in [4.78, 5) is 11.6. The topological polar surface area (TPSA) is 50.3 Å². The van der Waals surface area contributed by atoms with Crippen LogP contribution >= 0.6 is 0 Å². The minimum Gasteiger partial charge on any atom is -0.491 e. The summed E-state index contributed by atoms with van der Waals surface area (Å²) in [7, 11) is 0. The number of piperidine rings is 1. The molecule has 1 aromatic heterocycles. The van der Waals surface area contributed by atoms with E-state index >= 15 is 0 Å². The number of rotatable bonds is 6. The Morgan fingerprint density at radius 3 is 2.72 bits per heavy atom. The van der Waals surface area contributed by atoms with Gasteiger partial charge in [-0.2, -0.15) is 4.98 Å². The Kier molecular flexibility index (Phi) is 5.74. The van der Waals surface area contributed by atoms with Gasteiger partial charge in [0.2, 0.25) is 5.95 Å². The van der Waals surface area contributed by atoms with Gasteiger partial charge in [-0.3, -0.25) is 0 Å². The summed E-state index contributed by atoms with van der Waals surface area (Å²) >= 11 is 0. The van der Waals surface area contributed by atoms with E-state index in [0.29, 0.717) is 6.04 Å². The zero-order valence-electron chi connectivity index (χ0n) is 15.4. The SMILES string of the molecule is CCC1CCCCN1c1nccc(Nc2ccc(OC(C)C)cc2)n1. The fourth-order valence-corrected chi connectivity index (χ4v) is 3.28. The monoisotopic (exact) mass is 340 g/mol. The number of benzene rings is 1. The molecule has 5 heteroatoms. The van der Waals surface area contributed by atoms with Gasteiger partial charge in [0.1, 0.15) is 11.6 Å². The molecule has 0 bridgehead atoms. The first-order valence-electron chi connectivity index (χ1n) is 9.29. The van der Waals surface area contributed by atoms with E-state index in [4.69, 9.17) is 9.72 Å². The van der Waals surface area contributed by atoms with Crippen molar-refractivity contribution in [1.29, 1.82) is 0 Å². The van der Waals surface area contributed by atoms with E-state index in [0.717, 1.165) is 36.2 Å². The van der Waals surface area contributed by atoms with Crippen molar-refractivity contribution in [3.63, 3.8) is 0 Å². The quantitative estimate of drug-likeness (QED) is 0.820. The third-order valence-electron chi connectivity index (χ3n) is 4.50. The maximum absolute atomic E-state index is 5.68. The van der Waals surface area contributed by atoms with E-state index in [1.54, 1.807) is 0 Å². The molecule has 0 spiro atoms. The highest BCUT2D eigenvalue weighted by Gasteiger charge is 2.23. The van der Waals surface area contributed by atoms with Crippen LogP contribution < -0.4 is 15.0 Å². The van der Waals surface area contributed by atoms with Gasteiger partial charge in [-0.1, -0.05) is 6.92 Å². The third kappa shape index (κ3) is 4.62. The second-order valence-corrected chi connectivity index (χ2v) is 6.81. The first-order valence-corrected chi connectivity index (χ1v) is 9.29. The molecule has 2 aromatic rings. The number of nitrogens with zero attached hydrogens (tertiary/aromatic N) is 3. The Bertz CT molecular complexity index is 672. The number of ether oxygens (including phenoxy) is 1. The van der Waals surface area contributed by atoms with Crippen molar-refractivity contribution in [2.24, 2.45) is 0 Å².